The van der Waals surface area contributed by atoms with Gasteiger partial charge in [0.1, 0.15) is 11.9 Å². The first-order chi connectivity index (χ1) is 8.08. The van der Waals surface area contributed by atoms with E-state index in [2.05, 4.69) is 20.9 Å². The van der Waals surface area contributed by atoms with E-state index in [0.29, 0.717) is 11.1 Å². The Bertz CT molecular complexity index is 545. The van der Waals surface area contributed by atoms with Gasteiger partial charge in [-0.05, 0) is 30.2 Å². The lowest BCUT2D eigenvalue weighted by Crippen LogP contribution is -2.02. The first kappa shape index (κ1) is 12.2. The maximum absolute atomic E-state index is 13.0. The summed E-state index contributed by atoms with van der Waals surface area (Å²) in [6.45, 7) is 1.96. The topological polar surface area (TPSA) is 33.1 Å². The van der Waals surface area contributed by atoms with E-state index in [1.54, 1.807) is 0 Å². The number of pyridine rings is 1. The van der Waals surface area contributed by atoms with Gasteiger partial charge in [-0.1, -0.05) is 28.1 Å². The number of benzene rings is 1. The van der Waals surface area contributed by atoms with Gasteiger partial charge in [-0.3, -0.25) is 4.98 Å². The Balaban J connectivity index is 2.40. The van der Waals surface area contributed by atoms with E-state index in [-0.39, 0.29) is 0 Å². The van der Waals surface area contributed by atoms with Crippen molar-refractivity contribution in [3.63, 3.8) is 0 Å². The second-order valence-corrected chi connectivity index (χ2v) is 4.72. The molecule has 0 bridgehead atoms. The molecule has 0 saturated heterocycles. The normalized spacial score (nSPS) is 12.5. The second-order valence-electron chi connectivity index (χ2n) is 3.86. The molecule has 0 radical (unpaired) electrons. The highest BCUT2D eigenvalue weighted by Crippen LogP contribution is 2.29. The largest absolute Gasteiger partial charge is 0.384 e. The number of hydrogen-bond acceptors (Lipinski definition) is 2. The fourth-order valence-electron chi connectivity index (χ4n) is 1.61. The van der Waals surface area contributed by atoms with Gasteiger partial charge in [0.05, 0.1) is 6.20 Å². The summed E-state index contributed by atoms with van der Waals surface area (Å²) in [7, 11) is 0. The highest BCUT2D eigenvalue weighted by molar-refractivity contribution is 9.10. The molecule has 1 N–H and O–H groups in total. The van der Waals surface area contributed by atoms with Crippen LogP contribution in [-0.4, -0.2) is 10.1 Å². The van der Waals surface area contributed by atoms with Crippen LogP contribution >= 0.6 is 15.9 Å². The van der Waals surface area contributed by atoms with E-state index in [1.807, 2.05) is 25.1 Å². The summed E-state index contributed by atoms with van der Waals surface area (Å²) in [4.78, 5) is 3.73. The van der Waals surface area contributed by atoms with Crippen LogP contribution in [0.4, 0.5) is 4.39 Å². The van der Waals surface area contributed by atoms with Crippen LogP contribution in [0.25, 0.3) is 0 Å². The SMILES string of the molecule is Cc1ccc(C(O)c2cncc(F)c2)c(Br)c1. The number of aryl methyl sites for hydroxylation is 1. The molecule has 0 spiro atoms. The molecule has 1 atom stereocenters. The van der Waals surface area contributed by atoms with Crippen LogP contribution < -0.4 is 0 Å². The summed E-state index contributed by atoms with van der Waals surface area (Å²) in [6.07, 6.45) is 1.69. The van der Waals surface area contributed by atoms with Crippen molar-refractivity contribution in [2.24, 2.45) is 0 Å². The molecule has 4 heteroatoms. The third-order valence-corrected chi connectivity index (χ3v) is 3.18. The van der Waals surface area contributed by atoms with Gasteiger partial charge in [-0.15, -0.1) is 0 Å². The molecule has 1 aromatic heterocycles. The highest BCUT2D eigenvalue weighted by Gasteiger charge is 2.14. The predicted molar refractivity (Wildman–Crippen MR) is 67.1 cm³/mol. The quantitative estimate of drug-likeness (QED) is 0.921. The first-order valence-electron chi connectivity index (χ1n) is 5.12. The fourth-order valence-corrected chi connectivity index (χ4v) is 2.32. The second kappa shape index (κ2) is 4.94. The van der Waals surface area contributed by atoms with Gasteiger partial charge in [0.25, 0.3) is 0 Å². The van der Waals surface area contributed by atoms with Crippen LogP contribution in [0.5, 0.6) is 0 Å². The molecule has 2 nitrogen and oxygen atoms in total. The summed E-state index contributed by atoms with van der Waals surface area (Å²) in [5.41, 5.74) is 2.22. The molecule has 0 fully saturated rings. The molecule has 17 heavy (non-hydrogen) atoms. The average molecular weight is 296 g/mol. The van der Waals surface area contributed by atoms with Crippen LogP contribution in [0.1, 0.15) is 22.8 Å². The first-order valence-corrected chi connectivity index (χ1v) is 5.92. The lowest BCUT2D eigenvalue weighted by atomic mass is 10.0. The van der Waals surface area contributed by atoms with Crippen LogP contribution in [0, 0.1) is 12.7 Å². The molecular formula is C13H11BrFNO. The third kappa shape index (κ3) is 2.70. The smallest absolute Gasteiger partial charge is 0.141 e. The van der Waals surface area contributed by atoms with E-state index >= 15 is 0 Å². The molecule has 0 amide bonds. The minimum Gasteiger partial charge on any atom is -0.384 e. The van der Waals surface area contributed by atoms with Crippen molar-refractivity contribution in [2.45, 2.75) is 13.0 Å². The molecule has 0 aliphatic rings. The third-order valence-electron chi connectivity index (χ3n) is 2.49. The molecule has 0 saturated carbocycles. The van der Waals surface area contributed by atoms with Crippen molar-refractivity contribution in [1.29, 1.82) is 0 Å². The maximum atomic E-state index is 13.0. The summed E-state index contributed by atoms with van der Waals surface area (Å²) in [6, 6.07) is 6.90. The Labute approximate surface area is 107 Å². The fraction of sp³-hybridized carbons (Fsp3) is 0.154. The number of aliphatic hydroxyl groups excluding tert-OH is 1. The number of nitrogens with zero attached hydrogens (tertiary/aromatic N) is 1. The van der Waals surface area contributed by atoms with E-state index in [0.717, 1.165) is 16.2 Å². The summed E-state index contributed by atoms with van der Waals surface area (Å²) >= 11 is 3.39. The van der Waals surface area contributed by atoms with Crippen molar-refractivity contribution >= 4 is 15.9 Å². The van der Waals surface area contributed by atoms with Crippen molar-refractivity contribution in [3.05, 3.63) is 63.6 Å². The van der Waals surface area contributed by atoms with Crippen molar-refractivity contribution in [2.75, 3.05) is 0 Å². The molecule has 1 unspecified atom stereocenters. The molecule has 2 rings (SSSR count). The summed E-state index contributed by atoms with van der Waals surface area (Å²) in [5.74, 6) is -0.454. The van der Waals surface area contributed by atoms with Gasteiger partial charge in [-0.25, -0.2) is 4.39 Å². The molecule has 88 valence electrons. The van der Waals surface area contributed by atoms with E-state index in [4.69, 9.17) is 0 Å². The number of hydrogen-bond donors (Lipinski definition) is 1. The zero-order chi connectivity index (χ0) is 12.4. The Morgan fingerprint density at radius 2 is 2.06 bits per heavy atom. The summed E-state index contributed by atoms with van der Waals surface area (Å²) < 4.78 is 13.8. The van der Waals surface area contributed by atoms with Gasteiger partial charge in [0, 0.05) is 16.2 Å². The molecule has 0 aliphatic carbocycles. The number of halogens is 2. The van der Waals surface area contributed by atoms with Gasteiger partial charge < -0.3 is 5.11 Å². The minimum atomic E-state index is -0.881. The molecule has 1 heterocycles. The van der Waals surface area contributed by atoms with Gasteiger partial charge in [0.2, 0.25) is 0 Å². The molecule has 0 aliphatic heterocycles. The lowest BCUT2D eigenvalue weighted by Gasteiger charge is -2.13. The minimum absolute atomic E-state index is 0.439. The van der Waals surface area contributed by atoms with Crippen LogP contribution in [0.3, 0.4) is 0 Å². The van der Waals surface area contributed by atoms with Crippen LogP contribution in [0.15, 0.2) is 41.1 Å². The van der Waals surface area contributed by atoms with E-state index in [1.165, 1.54) is 12.3 Å². The van der Waals surface area contributed by atoms with E-state index < -0.39 is 11.9 Å². The molecule has 2 aromatic rings. The lowest BCUT2D eigenvalue weighted by molar-refractivity contribution is 0.218. The predicted octanol–water partition coefficient (Wildman–Crippen LogP) is 3.37. The Kier molecular flexibility index (Phi) is 3.54. The Morgan fingerprint density at radius 3 is 2.71 bits per heavy atom. The van der Waals surface area contributed by atoms with Gasteiger partial charge in [-0.2, -0.15) is 0 Å². The number of aliphatic hydroxyl groups is 1. The van der Waals surface area contributed by atoms with Crippen LogP contribution in [-0.2, 0) is 0 Å². The Morgan fingerprint density at radius 1 is 1.29 bits per heavy atom. The van der Waals surface area contributed by atoms with Gasteiger partial charge >= 0.3 is 0 Å². The molecule has 1 aromatic carbocycles. The van der Waals surface area contributed by atoms with Crippen molar-refractivity contribution in [1.82, 2.24) is 4.98 Å². The monoisotopic (exact) mass is 295 g/mol. The van der Waals surface area contributed by atoms with E-state index in [9.17, 15) is 9.50 Å². The number of rotatable bonds is 2. The maximum Gasteiger partial charge on any atom is 0.141 e. The zero-order valence-electron chi connectivity index (χ0n) is 9.19. The standard InChI is InChI=1S/C13H11BrFNO/c1-8-2-3-11(12(14)4-8)13(17)9-5-10(15)7-16-6-9/h2-7,13,17H,1H3. The zero-order valence-corrected chi connectivity index (χ0v) is 10.8. The van der Waals surface area contributed by atoms with Crippen molar-refractivity contribution in [3.8, 4) is 0 Å². The molecular weight excluding hydrogens is 285 g/mol. The average Bonchev–Trinajstić information content (AvgIpc) is 2.28. The Hall–Kier alpha value is -1.26. The van der Waals surface area contributed by atoms with Gasteiger partial charge in [0.15, 0.2) is 0 Å². The van der Waals surface area contributed by atoms with Crippen molar-refractivity contribution < 1.29 is 9.50 Å². The van der Waals surface area contributed by atoms with Crippen LogP contribution in [0.2, 0.25) is 0 Å². The summed E-state index contributed by atoms with van der Waals surface area (Å²) in [5, 5.41) is 10.2. The number of aromatic nitrogens is 1. The highest BCUT2D eigenvalue weighted by atomic mass is 79.9.